The summed E-state index contributed by atoms with van der Waals surface area (Å²) in [7, 11) is 1.32. The van der Waals surface area contributed by atoms with Crippen LogP contribution in [0.4, 0.5) is 10.5 Å². The third kappa shape index (κ3) is 3.40. The number of ether oxygens (including phenoxy) is 1. The van der Waals surface area contributed by atoms with Crippen LogP contribution in [0.2, 0.25) is 0 Å². The lowest BCUT2D eigenvalue weighted by Crippen LogP contribution is -2.52. The summed E-state index contributed by atoms with van der Waals surface area (Å²) in [6.07, 6.45) is 5.39. The summed E-state index contributed by atoms with van der Waals surface area (Å²) in [5.41, 5.74) is 1.21. The molecule has 3 atom stereocenters. The Morgan fingerprint density at radius 3 is 2.79 bits per heavy atom. The van der Waals surface area contributed by atoms with Crippen LogP contribution in [0.25, 0.3) is 0 Å². The first-order valence-electron chi connectivity index (χ1n) is 8.86. The van der Waals surface area contributed by atoms with Gasteiger partial charge in [0.25, 0.3) is 5.91 Å². The number of likely N-dealkylation sites (tertiary alicyclic amines) is 1. The smallest absolute Gasteiger partial charge is 0.411 e. The minimum Gasteiger partial charge on any atom is -0.453 e. The maximum absolute atomic E-state index is 13.1. The Morgan fingerprint density at radius 1 is 1.21 bits per heavy atom. The van der Waals surface area contributed by atoms with E-state index < -0.39 is 6.09 Å². The molecule has 5 nitrogen and oxygen atoms in total. The van der Waals surface area contributed by atoms with Gasteiger partial charge in [0.2, 0.25) is 0 Å². The highest BCUT2D eigenvalue weighted by Gasteiger charge is 2.39. The van der Waals surface area contributed by atoms with Crippen molar-refractivity contribution in [1.82, 2.24) is 4.90 Å². The number of amides is 2. The van der Waals surface area contributed by atoms with Crippen LogP contribution < -0.4 is 5.32 Å². The predicted octanol–water partition coefficient (Wildman–Crippen LogP) is 3.91. The lowest BCUT2D eigenvalue weighted by molar-refractivity contribution is 0.0218. The Morgan fingerprint density at radius 2 is 2.00 bits per heavy atom. The van der Waals surface area contributed by atoms with E-state index in [1.807, 2.05) is 6.07 Å². The lowest BCUT2D eigenvalue weighted by atomic mass is 9.72. The van der Waals surface area contributed by atoms with Gasteiger partial charge < -0.3 is 9.64 Å². The van der Waals surface area contributed by atoms with E-state index in [-0.39, 0.29) is 5.91 Å². The molecule has 1 saturated heterocycles. The monoisotopic (exact) mass is 330 g/mol. The number of hydrogen-bond donors (Lipinski definition) is 1. The molecule has 1 aliphatic carbocycles. The van der Waals surface area contributed by atoms with Gasteiger partial charge >= 0.3 is 6.09 Å². The first-order chi connectivity index (χ1) is 11.6. The molecule has 1 aliphatic heterocycles. The highest BCUT2D eigenvalue weighted by atomic mass is 16.5. The van der Waals surface area contributed by atoms with E-state index in [4.69, 9.17) is 0 Å². The Labute approximate surface area is 143 Å². The number of carbonyl (C=O) groups excluding carboxylic acids is 2. The van der Waals surface area contributed by atoms with Crippen molar-refractivity contribution in [3.8, 4) is 0 Å². The maximum atomic E-state index is 13.1. The first-order valence-corrected chi connectivity index (χ1v) is 8.86. The number of hydrogen-bond acceptors (Lipinski definition) is 3. The minimum atomic E-state index is -0.529. The van der Waals surface area contributed by atoms with Gasteiger partial charge in [0.15, 0.2) is 0 Å². The second-order valence-corrected chi connectivity index (χ2v) is 6.98. The summed E-state index contributed by atoms with van der Waals surface area (Å²) in [5, 5.41) is 2.62. The molecular weight excluding hydrogens is 304 g/mol. The number of nitrogens with zero attached hydrogens (tertiary/aromatic N) is 1. The Balaban J connectivity index is 1.78. The zero-order chi connectivity index (χ0) is 17.1. The number of carbonyl (C=O) groups is 2. The lowest BCUT2D eigenvalue weighted by Gasteiger charge is -2.47. The van der Waals surface area contributed by atoms with Crippen LogP contribution in [0.3, 0.4) is 0 Å². The molecule has 24 heavy (non-hydrogen) atoms. The van der Waals surface area contributed by atoms with E-state index in [2.05, 4.69) is 21.9 Å². The van der Waals surface area contributed by atoms with Gasteiger partial charge in [-0.1, -0.05) is 25.8 Å². The van der Waals surface area contributed by atoms with Crippen molar-refractivity contribution in [1.29, 1.82) is 0 Å². The Kier molecular flexibility index (Phi) is 5.07. The fraction of sp³-hybridized carbons (Fsp3) is 0.579. The minimum absolute atomic E-state index is 0.0762. The molecule has 2 amide bonds. The number of benzene rings is 1. The second-order valence-electron chi connectivity index (χ2n) is 6.98. The largest absolute Gasteiger partial charge is 0.453 e. The predicted molar refractivity (Wildman–Crippen MR) is 93.0 cm³/mol. The van der Waals surface area contributed by atoms with E-state index >= 15 is 0 Å². The van der Waals surface area contributed by atoms with Crippen LogP contribution in [0.15, 0.2) is 24.3 Å². The molecule has 1 aromatic carbocycles. The number of methoxy groups -OCH3 is 1. The van der Waals surface area contributed by atoms with Gasteiger partial charge in [0, 0.05) is 23.8 Å². The Hall–Kier alpha value is -2.04. The third-order valence-electron chi connectivity index (χ3n) is 5.54. The third-order valence-corrected chi connectivity index (χ3v) is 5.54. The van der Waals surface area contributed by atoms with Crippen LogP contribution in [-0.2, 0) is 4.74 Å². The van der Waals surface area contributed by atoms with Crippen molar-refractivity contribution < 1.29 is 14.3 Å². The van der Waals surface area contributed by atoms with Crippen molar-refractivity contribution in [2.24, 2.45) is 11.8 Å². The SMILES string of the molecule is COC(=O)Nc1cccc(C(=O)N2CC[C@H](C)[C@H]3CCCC[C@@H]32)c1. The zero-order valence-corrected chi connectivity index (χ0v) is 14.5. The standard InChI is InChI=1S/C19H26N2O3/c1-13-10-11-21(17-9-4-3-8-16(13)17)18(22)14-6-5-7-15(12-14)20-19(23)24-2/h5-7,12-13,16-17H,3-4,8-11H2,1-2H3,(H,20,23)/t13-,16+,17-/m0/s1. The molecule has 2 aliphatic rings. The molecule has 1 saturated carbocycles. The molecule has 2 fully saturated rings. The maximum Gasteiger partial charge on any atom is 0.411 e. The molecular formula is C19H26N2O3. The fourth-order valence-corrected chi connectivity index (χ4v) is 4.23. The number of fused-ring (bicyclic) bond motifs is 1. The van der Waals surface area contributed by atoms with Gasteiger partial charge in [-0.2, -0.15) is 0 Å². The van der Waals surface area contributed by atoms with Crippen molar-refractivity contribution in [2.75, 3.05) is 19.0 Å². The summed E-state index contributed by atoms with van der Waals surface area (Å²) in [5.74, 6) is 1.41. The first kappa shape index (κ1) is 16.8. The molecule has 0 radical (unpaired) electrons. The van der Waals surface area contributed by atoms with Crippen molar-refractivity contribution in [2.45, 2.75) is 45.1 Å². The molecule has 1 heterocycles. The molecule has 5 heteroatoms. The Bertz CT molecular complexity index is 616. The average molecular weight is 330 g/mol. The van der Waals surface area contributed by atoms with Crippen LogP contribution in [0.1, 0.15) is 49.4 Å². The summed E-state index contributed by atoms with van der Waals surface area (Å²) < 4.78 is 4.61. The molecule has 3 rings (SSSR count). The van der Waals surface area contributed by atoms with Gasteiger partial charge in [-0.3, -0.25) is 10.1 Å². The number of rotatable bonds is 2. The van der Waals surface area contributed by atoms with Crippen molar-refractivity contribution >= 4 is 17.7 Å². The number of anilines is 1. The molecule has 0 bridgehead atoms. The van der Waals surface area contributed by atoms with Gasteiger partial charge in [0.1, 0.15) is 0 Å². The number of nitrogens with one attached hydrogen (secondary N) is 1. The van der Waals surface area contributed by atoms with E-state index in [0.29, 0.717) is 29.1 Å². The molecule has 1 aromatic rings. The van der Waals surface area contributed by atoms with E-state index in [1.54, 1.807) is 18.2 Å². The van der Waals surface area contributed by atoms with Gasteiger partial charge in [0.05, 0.1) is 7.11 Å². The van der Waals surface area contributed by atoms with E-state index in [0.717, 1.165) is 19.4 Å². The average Bonchev–Trinajstić information content (AvgIpc) is 2.62. The fourth-order valence-electron chi connectivity index (χ4n) is 4.23. The highest BCUT2D eigenvalue weighted by Crippen LogP contribution is 2.39. The topological polar surface area (TPSA) is 58.6 Å². The quantitative estimate of drug-likeness (QED) is 0.894. The molecule has 130 valence electrons. The van der Waals surface area contributed by atoms with Gasteiger partial charge in [-0.25, -0.2) is 4.79 Å². The van der Waals surface area contributed by atoms with Gasteiger partial charge in [-0.05, 0) is 49.3 Å². The van der Waals surface area contributed by atoms with E-state index in [1.165, 1.54) is 26.4 Å². The normalized spacial score (nSPS) is 26.4. The van der Waals surface area contributed by atoms with Crippen LogP contribution in [0, 0.1) is 11.8 Å². The molecule has 0 spiro atoms. The van der Waals surface area contributed by atoms with Crippen molar-refractivity contribution in [3.05, 3.63) is 29.8 Å². The van der Waals surface area contributed by atoms with Crippen molar-refractivity contribution in [3.63, 3.8) is 0 Å². The summed E-state index contributed by atoms with van der Waals surface area (Å²) in [6.45, 7) is 3.15. The molecule has 0 unspecified atom stereocenters. The van der Waals surface area contributed by atoms with Crippen LogP contribution in [-0.4, -0.2) is 36.6 Å². The molecule has 1 N–H and O–H groups in total. The molecule has 0 aromatic heterocycles. The number of piperidine rings is 1. The van der Waals surface area contributed by atoms with E-state index in [9.17, 15) is 9.59 Å². The second kappa shape index (κ2) is 7.24. The summed E-state index contributed by atoms with van der Waals surface area (Å²) >= 11 is 0. The van der Waals surface area contributed by atoms with Crippen LogP contribution in [0.5, 0.6) is 0 Å². The zero-order valence-electron chi connectivity index (χ0n) is 14.5. The van der Waals surface area contributed by atoms with Gasteiger partial charge in [-0.15, -0.1) is 0 Å². The summed E-state index contributed by atoms with van der Waals surface area (Å²) in [6, 6.07) is 7.47. The summed E-state index contributed by atoms with van der Waals surface area (Å²) in [4.78, 5) is 26.5. The van der Waals surface area contributed by atoms with Crippen LogP contribution >= 0.6 is 0 Å². The highest BCUT2D eigenvalue weighted by molar-refractivity contribution is 5.96.